The van der Waals surface area contributed by atoms with Gasteiger partial charge in [0.25, 0.3) is 0 Å². The zero-order valence-electron chi connectivity index (χ0n) is 13.0. The van der Waals surface area contributed by atoms with Crippen molar-refractivity contribution in [1.29, 1.82) is 0 Å². The molecule has 0 fully saturated rings. The van der Waals surface area contributed by atoms with Gasteiger partial charge in [0, 0.05) is 19.6 Å². The van der Waals surface area contributed by atoms with E-state index in [4.69, 9.17) is 5.73 Å². The molecule has 23 heavy (non-hydrogen) atoms. The van der Waals surface area contributed by atoms with Crippen molar-refractivity contribution in [3.63, 3.8) is 0 Å². The highest BCUT2D eigenvalue weighted by molar-refractivity contribution is 6.12. The number of nitrogens with two attached hydrogens (primary N) is 1. The number of allylic oxidation sites excluding steroid dienone is 1. The molecule has 0 amide bonds. The Labute approximate surface area is 134 Å². The average Bonchev–Trinajstić information content (AvgIpc) is 2.92. The van der Waals surface area contributed by atoms with Gasteiger partial charge in [0.1, 0.15) is 0 Å². The van der Waals surface area contributed by atoms with Gasteiger partial charge in [0.15, 0.2) is 0 Å². The van der Waals surface area contributed by atoms with Crippen LogP contribution in [0.5, 0.6) is 0 Å². The lowest BCUT2D eigenvalue weighted by atomic mass is 10.1. The van der Waals surface area contributed by atoms with Crippen LogP contribution in [0.1, 0.15) is 11.1 Å². The van der Waals surface area contributed by atoms with Crippen LogP contribution in [0.2, 0.25) is 0 Å². The van der Waals surface area contributed by atoms with Gasteiger partial charge in [-0.3, -0.25) is 4.99 Å². The van der Waals surface area contributed by atoms with Crippen LogP contribution >= 0.6 is 0 Å². The Morgan fingerprint density at radius 3 is 2.78 bits per heavy atom. The first-order valence-electron chi connectivity index (χ1n) is 7.38. The lowest BCUT2D eigenvalue weighted by molar-refractivity contribution is -0.137. The highest BCUT2D eigenvalue weighted by Gasteiger charge is 2.30. The fourth-order valence-electron chi connectivity index (χ4n) is 2.35. The Morgan fingerprint density at radius 2 is 2.09 bits per heavy atom. The van der Waals surface area contributed by atoms with Crippen molar-refractivity contribution >= 4 is 11.8 Å². The van der Waals surface area contributed by atoms with Crippen molar-refractivity contribution in [3.8, 4) is 0 Å². The molecule has 2 N–H and O–H groups in total. The first kappa shape index (κ1) is 17.4. The minimum absolute atomic E-state index is 0.504. The molecule has 0 unspecified atom stereocenters. The summed E-state index contributed by atoms with van der Waals surface area (Å²) in [4.78, 5) is 6.46. The minimum Gasteiger partial charge on any atom is -0.329 e. The van der Waals surface area contributed by atoms with E-state index in [1.807, 2.05) is 13.1 Å². The van der Waals surface area contributed by atoms with Crippen LogP contribution in [0.4, 0.5) is 13.2 Å². The van der Waals surface area contributed by atoms with Crippen molar-refractivity contribution in [2.75, 3.05) is 33.2 Å². The summed E-state index contributed by atoms with van der Waals surface area (Å²) in [5.41, 5.74) is 7.27. The molecule has 0 bridgehead atoms. The van der Waals surface area contributed by atoms with Crippen LogP contribution in [-0.4, -0.2) is 43.8 Å². The molecule has 0 saturated carbocycles. The summed E-state index contributed by atoms with van der Waals surface area (Å²) in [7, 11) is 1.97. The summed E-state index contributed by atoms with van der Waals surface area (Å²) in [6, 6.07) is 5.25. The van der Waals surface area contributed by atoms with Crippen molar-refractivity contribution < 1.29 is 13.2 Å². The summed E-state index contributed by atoms with van der Waals surface area (Å²) in [5, 5.41) is 0. The van der Waals surface area contributed by atoms with Gasteiger partial charge in [-0.2, -0.15) is 13.2 Å². The molecule has 1 aromatic rings. The number of hydrogen-bond acceptors (Lipinski definition) is 3. The maximum atomic E-state index is 12.7. The van der Waals surface area contributed by atoms with Gasteiger partial charge in [-0.1, -0.05) is 24.3 Å². The van der Waals surface area contributed by atoms with E-state index in [1.54, 1.807) is 18.2 Å². The molecule has 0 atom stereocenters. The largest absolute Gasteiger partial charge is 0.416 e. The zero-order valence-corrected chi connectivity index (χ0v) is 13.0. The molecule has 1 aliphatic heterocycles. The van der Waals surface area contributed by atoms with Crippen LogP contribution in [0, 0.1) is 0 Å². The van der Waals surface area contributed by atoms with Gasteiger partial charge >= 0.3 is 6.18 Å². The van der Waals surface area contributed by atoms with Gasteiger partial charge in [-0.25, -0.2) is 0 Å². The molecule has 0 spiro atoms. The van der Waals surface area contributed by atoms with Crippen molar-refractivity contribution in [2.45, 2.75) is 6.18 Å². The molecular weight excluding hydrogens is 303 g/mol. The van der Waals surface area contributed by atoms with E-state index in [0.717, 1.165) is 36.5 Å². The fourth-order valence-corrected chi connectivity index (χ4v) is 2.35. The third-order valence-corrected chi connectivity index (χ3v) is 3.53. The number of hydrogen-bond donors (Lipinski definition) is 1. The SMILES string of the molecule is CN(CCN)CC1=CCN=C1/C=C/c1cccc(C(F)(F)F)c1. The van der Waals surface area contributed by atoms with Gasteiger partial charge in [-0.05, 0) is 36.4 Å². The summed E-state index contributed by atoms with van der Waals surface area (Å²) in [6.45, 7) is 2.69. The monoisotopic (exact) mass is 323 g/mol. The second kappa shape index (κ2) is 7.57. The molecule has 2 rings (SSSR count). The maximum Gasteiger partial charge on any atom is 0.416 e. The Balaban J connectivity index is 2.07. The van der Waals surface area contributed by atoms with Gasteiger partial charge in [0.05, 0.1) is 17.8 Å². The first-order valence-corrected chi connectivity index (χ1v) is 7.38. The third-order valence-electron chi connectivity index (χ3n) is 3.53. The van der Waals surface area contributed by atoms with E-state index < -0.39 is 11.7 Å². The predicted octanol–water partition coefficient (Wildman–Crippen LogP) is 2.99. The Kier molecular flexibility index (Phi) is 5.74. The molecule has 124 valence electrons. The van der Waals surface area contributed by atoms with Gasteiger partial charge in [0.2, 0.25) is 0 Å². The second-order valence-corrected chi connectivity index (χ2v) is 5.44. The van der Waals surface area contributed by atoms with E-state index in [2.05, 4.69) is 9.89 Å². The second-order valence-electron chi connectivity index (χ2n) is 5.44. The lowest BCUT2D eigenvalue weighted by Gasteiger charge is -2.16. The smallest absolute Gasteiger partial charge is 0.329 e. The van der Waals surface area contributed by atoms with Crippen LogP contribution in [0.25, 0.3) is 6.08 Å². The molecule has 0 radical (unpaired) electrons. The number of halogens is 3. The number of alkyl halides is 3. The van der Waals surface area contributed by atoms with Crippen LogP contribution in [0.3, 0.4) is 0 Å². The number of likely N-dealkylation sites (N-methyl/N-ethyl adjacent to an activating group) is 1. The quantitative estimate of drug-likeness (QED) is 0.874. The maximum absolute atomic E-state index is 12.7. The third kappa shape index (κ3) is 5.04. The number of rotatable bonds is 6. The summed E-state index contributed by atoms with van der Waals surface area (Å²) in [5.74, 6) is 0. The van der Waals surface area contributed by atoms with Crippen molar-refractivity contribution in [1.82, 2.24) is 4.90 Å². The average molecular weight is 323 g/mol. The molecule has 1 heterocycles. The normalized spacial score (nSPS) is 15.4. The predicted molar refractivity (Wildman–Crippen MR) is 87.4 cm³/mol. The summed E-state index contributed by atoms with van der Waals surface area (Å²) < 4.78 is 38.1. The van der Waals surface area contributed by atoms with Crippen LogP contribution < -0.4 is 5.73 Å². The molecule has 1 aliphatic rings. The fraction of sp³-hybridized carbons (Fsp3) is 0.353. The van der Waals surface area contributed by atoms with E-state index in [9.17, 15) is 13.2 Å². The van der Waals surface area contributed by atoms with Gasteiger partial charge < -0.3 is 10.6 Å². The molecule has 0 aromatic heterocycles. The number of benzene rings is 1. The highest BCUT2D eigenvalue weighted by atomic mass is 19.4. The van der Waals surface area contributed by atoms with E-state index in [0.29, 0.717) is 18.7 Å². The van der Waals surface area contributed by atoms with E-state index in [-0.39, 0.29) is 0 Å². The van der Waals surface area contributed by atoms with Crippen molar-refractivity contribution in [2.24, 2.45) is 10.7 Å². The van der Waals surface area contributed by atoms with Crippen LogP contribution in [-0.2, 0) is 6.18 Å². The van der Waals surface area contributed by atoms with Gasteiger partial charge in [-0.15, -0.1) is 0 Å². The topological polar surface area (TPSA) is 41.6 Å². The lowest BCUT2D eigenvalue weighted by Crippen LogP contribution is -2.28. The number of aliphatic imine (C=N–C) groups is 1. The molecule has 0 saturated heterocycles. The molecular formula is C17H20F3N3. The zero-order chi connectivity index (χ0) is 16.9. The van der Waals surface area contributed by atoms with Crippen molar-refractivity contribution in [3.05, 3.63) is 53.1 Å². The van der Waals surface area contributed by atoms with Crippen LogP contribution in [0.15, 0.2) is 47.0 Å². The number of nitrogens with zero attached hydrogens (tertiary/aromatic N) is 2. The molecule has 6 heteroatoms. The molecule has 1 aromatic carbocycles. The Hall–Kier alpha value is -1.92. The highest BCUT2D eigenvalue weighted by Crippen LogP contribution is 2.29. The summed E-state index contributed by atoms with van der Waals surface area (Å²) >= 11 is 0. The van der Waals surface area contributed by atoms with E-state index >= 15 is 0 Å². The van der Waals surface area contributed by atoms with E-state index in [1.165, 1.54) is 6.07 Å². The minimum atomic E-state index is -4.33. The molecule has 3 nitrogen and oxygen atoms in total. The Morgan fingerprint density at radius 1 is 1.30 bits per heavy atom. The molecule has 0 aliphatic carbocycles. The Bertz CT molecular complexity index is 630. The summed E-state index contributed by atoms with van der Waals surface area (Å²) in [6.07, 6.45) is 1.13. The standard InChI is InChI=1S/C17H20F3N3/c1-23(10-8-21)12-14-7-9-22-16(14)6-5-13-3-2-4-15(11-13)17(18,19)20/h2-7,11H,8-10,12,21H2,1H3/b6-5+. The first-order chi connectivity index (χ1) is 10.9.